The van der Waals surface area contributed by atoms with Gasteiger partial charge < -0.3 is 4.90 Å². The first-order valence-corrected chi connectivity index (χ1v) is 7.47. The largest absolute Gasteiger partial charge is 0.302 e. The fraction of sp³-hybridized carbons (Fsp3) is 0.600. The monoisotopic (exact) mass is 247 g/mol. The summed E-state index contributed by atoms with van der Waals surface area (Å²) >= 11 is 2.08. The summed E-state index contributed by atoms with van der Waals surface area (Å²) in [6.45, 7) is 8.62. The Morgan fingerprint density at radius 3 is 2.88 bits per heavy atom. The Morgan fingerprint density at radius 2 is 2.18 bits per heavy atom. The van der Waals surface area contributed by atoms with Gasteiger partial charge >= 0.3 is 0 Å². The molecule has 0 aliphatic carbocycles. The highest BCUT2D eigenvalue weighted by Gasteiger charge is 2.32. The molecule has 0 bridgehead atoms. The number of thioether (sulfide) groups is 1. The minimum absolute atomic E-state index is 0.538. The molecule has 1 aromatic carbocycles. The van der Waals surface area contributed by atoms with E-state index in [0.29, 0.717) is 5.41 Å². The third-order valence-corrected chi connectivity index (χ3v) is 5.23. The summed E-state index contributed by atoms with van der Waals surface area (Å²) < 4.78 is 0. The highest BCUT2D eigenvalue weighted by atomic mass is 32.2. The molecular weight excluding hydrogens is 226 g/mol. The Morgan fingerprint density at radius 1 is 1.35 bits per heavy atom. The van der Waals surface area contributed by atoms with E-state index in [0.717, 1.165) is 5.25 Å². The van der Waals surface area contributed by atoms with E-state index in [1.165, 1.54) is 37.4 Å². The topological polar surface area (TPSA) is 3.24 Å². The molecule has 92 valence electrons. The van der Waals surface area contributed by atoms with Crippen LogP contribution in [0.5, 0.6) is 0 Å². The molecule has 0 saturated carbocycles. The average molecular weight is 247 g/mol. The highest BCUT2D eigenvalue weighted by molar-refractivity contribution is 8.00. The lowest BCUT2D eigenvalue weighted by Crippen LogP contribution is -2.30. The number of nitrogens with zero attached hydrogens (tertiary/aromatic N) is 1. The van der Waals surface area contributed by atoms with Crippen molar-refractivity contribution in [2.45, 2.75) is 36.8 Å². The van der Waals surface area contributed by atoms with Crippen molar-refractivity contribution in [3.8, 4) is 0 Å². The maximum absolute atomic E-state index is 2.66. The molecule has 0 spiro atoms. The smallest absolute Gasteiger partial charge is 0.0263 e. The molecule has 17 heavy (non-hydrogen) atoms. The number of hydrogen-bond acceptors (Lipinski definition) is 2. The van der Waals surface area contributed by atoms with Gasteiger partial charge in [0.05, 0.1) is 0 Å². The lowest BCUT2D eigenvalue weighted by Gasteiger charge is -2.22. The van der Waals surface area contributed by atoms with Crippen LogP contribution in [0.2, 0.25) is 0 Å². The Kier molecular flexibility index (Phi) is 2.95. The third-order valence-electron chi connectivity index (χ3n) is 3.93. The highest BCUT2D eigenvalue weighted by Crippen LogP contribution is 2.38. The first-order chi connectivity index (χ1) is 8.12. The summed E-state index contributed by atoms with van der Waals surface area (Å²) in [4.78, 5) is 4.17. The first kappa shape index (κ1) is 11.6. The summed E-state index contributed by atoms with van der Waals surface area (Å²) in [7, 11) is 0. The molecule has 0 aromatic heterocycles. The van der Waals surface area contributed by atoms with Crippen molar-refractivity contribution in [1.29, 1.82) is 0 Å². The lowest BCUT2D eigenvalue weighted by atomic mass is 9.93. The van der Waals surface area contributed by atoms with Crippen molar-refractivity contribution in [2.24, 2.45) is 5.41 Å². The molecule has 0 amide bonds. The molecule has 0 N–H and O–H groups in total. The molecule has 1 fully saturated rings. The minimum atomic E-state index is 0.538. The summed E-state index contributed by atoms with van der Waals surface area (Å²) in [6.07, 6.45) is 2.62. The summed E-state index contributed by atoms with van der Waals surface area (Å²) in [5, 5.41) is 0.779. The zero-order valence-electron chi connectivity index (χ0n) is 10.8. The van der Waals surface area contributed by atoms with E-state index in [1.807, 2.05) is 0 Å². The molecule has 1 nitrogen and oxygen atoms in total. The van der Waals surface area contributed by atoms with Gasteiger partial charge in [-0.3, -0.25) is 0 Å². The SMILES string of the molecule is CC1(C)CCN(CC2Cc3ccccc3S2)C1. The van der Waals surface area contributed by atoms with Crippen molar-refractivity contribution in [3.63, 3.8) is 0 Å². The van der Waals surface area contributed by atoms with Crippen molar-refractivity contribution in [3.05, 3.63) is 29.8 Å². The van der Waals surface area contributed by atoms with E-state index in [9.17, 15) is 0 Å². The summed E-state index contributed by atoms with van der Waals surface area (Å²) in [5.41, 5.74) is 2.09. The van der Waals surface area contributed by atoms with Crippen molar-refractivity contribution in [1.82, 2.24) is 4.90 Å². The third kappa shape index (κ3) is 2.53. The fourth-order valence-corrected chi connectivity index (χ4v) is 4.39. The molecule has 2 aliphatic rings. The molecule has 2 heteroatoms. The Bertz CT molecular complexity index is 388. The molecule has 2 aliphatic heterocycles. The van der Waals surface area contributed by atoms with Crippen LogP contribution in [0.1, 0.15) is 25.8 Å². The van der Waals surface area contributed by atoms with Gasteiger partial charge in [-0.25, -0.2) is 0 Å². The van der Waals surface area contributed by atoms with Gasteiger partial charge in [0.2, 0.25) is 0 Å². The van der Waals surface area contributed by atoms with Gasteiger partial charge in [0, 0.05) is 23.2 Å². The van der Waals surface area contributed by atoms with Gasteiger partial charge in [0.25, 0.3) is 0 Å². The average Bonchev–Trinajstić information content (AvgIpc) is 2.81. The maximum atomic E-state index is 2.66. The van der Waals surface area contributed by atoms with E-state index in [4.69, 9.17) is 0 Å². The molecule has 1 saturated heterocycles. The second kappa shape index (κ2) is 4.33. The van der Waals surface area contributed by atoms with Crippen molar-refractivity contribution < 1.29 is 0 Å². The van der Waals surface area contributed by atoms with Crippen LogP contribution < -0.4 is 0 Å². The number of fused-ring (bicyclic) bond motifs is 1. The standard InChI is InChI=1S/C15H21NS/c1-15(2)7-8-16(11-15)10-13-9-12-5-3-4-6-14(12)17-13/h3-6,13H,7-11H2,1-2H3. The Hall–Kier alpha value is -0.470. The van der Waals surface area contributed by atoms with Gasteiger partial charge in [-0.05, 0) is 36.4 Å². The summed E-state index contributed by atoms with van der Waals surface area (Å²) in [5.74, 6) is 0. The predicted octanol–water partition coefficient (Wildman–Crippen LogP) is 3.44. The molecule has 2 heterocycles. The second-order valence-corrected chi connectivity index (χ2v) is 7.54. The molecule has 1 atom stereocenters. The van der Waals surface area contributed by atoms with E-state index < -0.39 is 0 Å². The van der Waals surface area contributed by atoms with E-state index >= 15 is 0 Å². The van der Waals surface area contributed by atoms with Crippen LogP contribution in [0.15, 0.2) is 29.2 Å². The zero-order chi connectivity index (χ0) is 11.9. The van der Waals surface area contributed by atoms with Crippen LogP contribution in [0.25, 0.3) is 0 Å². The van der Waals surface area contributed by atoms with Crippen LogP contribution in [-0.4, -0.2) is 29.8 Å². The summed E-state index contributed by atoms with van der Waals surface area (Å²) in [6, 6.07) is 8.89. The van der Waals surface area contributed by atoms with Gasteiger partial charge in [-0.2, -0.15) is 0 Å². The Balaban J connectivity index is 1.59. The van der Waals surface area contributed by atoms with Crippen molar-refractivity contribution >= 4 is 11.8 Å². The van der Waals surface area contributed by atoms with Crippen LogP contribution in [-0.2, 0) is 6.42 Å². The zero-order valence-corrected chi connectivity index (χ0v) is 11.6. The molecule has 0 radical (unpaired) electrons. The quantitative estimate of drug-likeness (QED) is 0.787. The van der Waals surface area contributed by atoms with Crippen molar-refractivity contribution in [2.75, 3.05) is 19.6 Å². The van der Waals surface area contributed by atoms with E-state index in [1.54, 1.807) is 5.56 Å². The van der Waals surface area contributed by atoms with E-state index in [-0.39, 0.29) is 0 Å². The van der Waals surface area contributed by atoms with Gasteiger partial charge in [0.15, 0.2) is 0 Å². The molecule has 1 unspecified atom stereocenters. The molecular formula is C15H21NS. The van der Waals surface area contributed by atoms with Crippen LogP contribution >= 0.6 is 11.8 Å². The van der Waals surface area contributed by atoms with Crippen LogP contribution in [0.4, 0.5) is 0 Å². The van der Waals surface area contributed by atoms with Gasteiger partial charge in [-0.15, -0.1) is 11.8 Å². The minimum Gasteiger partial charge on any atom is -0.302 e. The maximum Gasteiger partial charge on any atom is 0.0263 e. The lowest BCUT2D eigenvalue weighted by molar-refractivity contribution is 0.292. The second-order valence-electron chi connectivity index (χ2n) is 6.20. The first-order valence-electron chi connectivity index (χ1n) is 6.59. The number of benzene rings is 1. The molecule has 1 aromatic rings. The predicted molar refractivity (Wildman–Crippen MR) is 74.6 cm³/mol. The molecule has 3 rings (SSSR count). The number of rotatable bonds is 2. The number of hydrogen-bond donors (Lipinski definition) is 0. The van der Waals surface area contributed by atoms with Crippen LogP contribution in [0.3, 0.4) is 0 Å². The Labute approximate surface area is 109 Å². The van der Waals surface area contributed by atoms with Gasteiger partial charge in [0.1, 0.15) is 0 Å². The van der Waals surface area contributed by atoms with E-state index in [2.05, 4.69) is 54.8 Å². The number of likely N-dealkylation sites (tertiary alicyclic amines) is 1. The van der Waals surface area contributed by atoms with Gasteiger partial charge in [-0.1, -0.05) is 32.0 Å². The normalized spacial score (nSPS) is 27.3. The fourth-order valence-electron chi connectivity index (χ4n) is 3.02. The van der Waals surface area contributed by atoms with Crippen LogP contribution in [0, 0.1) is 5.41 Å².